The van der Waals surface area contributed by atoms with Crippen molar-refractivity contribution in [2.45, 2.75) is 25.9 Å². The minimum atomic E-state index is -0.550. The normalized spacial score (nSPS) is 22.2. The molecule has 0 saturated heterocycles. The first-order valence-corrected chi connectivity index (χ1v) is 4.04. The van der Waals surface area contributed by atoms with E-state index < -0.39 is 6.10 Å². The molecule has 0 aliphatic heterocycles. The molecule has 1 aromatic rings. The molecule has 0 spiro atoms. The lowest BCUT2D eigenvalue weighted by Gasteiger charge is -2.12. The van der Waals surface area contributed by atoms with Crippen LogP contribution < -0.4 is 0 Å². The second kappa shape index (κ2) is 2.26. The molecule has 1 N–H and O–H groups in total. The molecule has 1 aliphatic carbocycles. The minimum Gasteiger partial charge on any atom is -0.384 e. The van der Waals surface area contributed by atoms with Gasteiger partial charge in [-0.25, -0.2) is 0 Å². The minimum absolute atomic E-state index is 0.00301. The predicted molar refractivity (Wildman–Crippen MR) is 41.1 cm³/mol. The summed E-state index contributed by atoms with van der Waals surface area (Å²) in [6.45, 7) is 2.04. The van der Waals surface area contributed by atoms with Gasteiger partial charge in [-0.05, 0) is 18.1 Å². The van der Waals surface area contributed by atoms with E-state index >= 15 is 0 Å². The highest BCUT2D eigenvalue weighted by molar-refractivity contribution is 5.02. The molecule has 1 fully saturated rings. The molecule has 0 radical (unpaired) electrons. The average molecular weight is 168 g/mol. The van der Waals surface area contributed by atoms with Crippen LogP contribution in [0.4, 0.5) is 0 Å². The molecule has 5 nitrogen and oxygen atoms in total. The van der Waals surface area contributed by atoms with Crippen LogP contribution in [0.1, 0.15) is 31.7 Å². The van der Waals surface area contributed by atoms with E-state index in [0.717, 1.165) is 12.8 Å². The third kappa shape index (κ3) is 1.10. The number of aliphatic hydroxyl groups is 1. The molecular weight excluding hydrogens is 156 g/mol. The van der Waals surface area contributed by atoms with Crippen LogP contribution in [-0.2, 0) is 7.05 Å². The molecule has 0 amide bonds. The fraction of sp³-hybridized carbons (Fsp3) is 0.857. The molecule has 1 aliphatic rings. The van der Waals surface area contributed by atoms with Crippen molar-refractivity contribution in [3.05, 3.63) is 5.82 Å². The summed E-state index contributed by atoms with van der Waals surface area (Å²) in [4.78, 5) is 1.37. The maximum absolute atomic E-state index is 9.75. The van der Waals surface area contributed by atoms with E-state index in [9.17, 15) is 5.11 Å². The molecular formula is C7H12N4O. The van der Waals surface area contributed by atoms with Gasteiger partial charge in [-0.1, -0.05) is 6.92 Å². The Bertz CT molecular complexity index is 291. The van der Waals surface area contributed by atoms with E-state index in [1.807, 2.05) is 6.92 Å². The van der Waals surface area contributed by atoms with Crippen molar-refractivity contribution in [1.29, 1.82) is 0 Å². The Morgan fingerprint density at radius 1 is 1.58 bits per heavy atom. The first kappa shape index (κ1) is 7.67. The Morgan fingerprint density at radius 2 is 2.25 bits per heavy atom. The van der Waals surface area contributed by atoms with Gasteiger partial charge in [-0.2, -0.15) is 4.80 Å². The molecule has 0 aromatic carbocycles. The van der Waals surface area contributed by atoms with Crippen molar-refractivity contribution in [2.24, 2.45) is 12.5 Å². The molecule has 1 saturated carbocycles. The van der Waals surface area contributed by atoms with Crippen molar-refractivity contribution in [1.82, 2.24) is 20.2 Å². The van der Waals surface area contributed by atoms with Gasteiger partial charge in [0.25, 0.3) is 0 Å². The summed E-state index contributed by atoms with van der Waals surface area (Å²) in [6, 6.07) is 0. The van der Waals surface area contributed by atoms with Gasteiger partial charge in [0.15, 0.2) is 0 Å². The van der Waals surface area contributed by atoms with E-state index in [1.165, 1.54) is 4.80 Å². The zero-order valence-corrected chi connectivity index (χ0v) is 7.23. The zero-order chi connectivity index (χ0) is 8.77. The smallest absolute Gasteiger partial charge is 0.203 e. The predicted octanol–water partition coefficient (Wildman–Crippen LogP) is 0.0436. The van der Waals surface area contributed by atoms with Crippen LogP contribution >= 0.6 is 0 Å². The summed E-state index contributed by atoms with van der Waals surface area (Å²) in [7, 11) is 1.69. The number of hydrogen-bond donors (Lipinski definition) is 1. The van der Waals surface area contributed by atoms with Gasteiger partial charge in [0.05, 0.1) is 7.05 Å². The first-order chi connectivity index (χ1) is 5.62. The van der Waals surface area contributed by atoms with E-state index in [2.05, 4.69) is 15.4 Å². The fourth-order valence-corrected chi connectivity index (χ4v) is 1.19. The molecule has 1 unspecified atom stereocenters. The van der Waals surface area contributed by atoms with Gasteiger partial charge in [0, 0.05) is 5.41 Å². The van der Waals surface area contributed by atoms with Crippen LogP contribution in [0.2, 0.25) is 0 Å². The van der Waals surface area contributed by atoms with Crippen molar-refractivity contribution in [2.75, 3.05) is 0 Å². The highest BCUT2D eigenvalue weighted by Crippen LogP contribution is 2.53. The van der Waals surface area contributed by atoms with Crippen LogP contribution in [-0.4, -0.2) is 25.3 Å². The molecule has 66 valence electrons. The van der Waals surface area contributed by atoms with E-state index in [4.69, 9.17) is 0 Å². The maximum atomic E-state index is 9.75. The van der Waals surface area contributed by atoms with Crippen molar-refractivity contribution in [3.8, 4) is 0 Å². The second-order valence-corrected chi connectivity index (χ2v) is 3.69. The summed E-state index contributed by atoms with van der Waals surface area (Å²) >= 11 is 0. The number of aliphatic hydroxyl groups excluding tert-OH is 1. The van der Waals surface area contributed by atoms with Crippen LogP contribution in [0.5, 0.6) is 0 Å². The van der Waals surface area contributed by atoms with E-state index in [0.29, 0.717) is 5.82 Å². The summed E-state index contributed by atoms with van der Waals surface area (Å²) in [5.74, 6) is 0.442. The zero-order valence-electron chi connectivity index (χ0n) is 7.23. The summed E-state index contributed by atoms with van der Waals surface area (Å²) in [5.41, 5.74) is 0.00301. The van der Waals surface area contributed by atoms with Gasteiger partial charge in [-0.15, -0.1) is 10.2 Å². The highest BCUT2D eigenvalue weighted by atomic mass is 16.3. The summed E-state index contributed by atoms with van der Waals surface area (Å²) in [5, 5.41) is 21.2. The largest absolute Gasteiger partial charge is 0.384 e. The molecule has 5 heteroatoms. The number of rotatable bonds is 2. The Kier molecular flexibility index (Phi) is 1.44. The Hall–Kier alpha value is -0.970. The molecule has 2 rings (SSSR count). The van der Waals surface area contributed by atoms with Crippen LogP contribution in [0.15, 0.2) is 0 Å². The fourth-order valence-electron chi connectivity index (χ4n) is 1.19. The number of tetrazole rings is 1. The quantitative estimate of drug-likeness (QED) is 0.677. The lowest BCUT2D eigenvalue weighted by atomic mass is 10.0. The third-order valence-electron chi connectivity index (χ3n) is 2.47. The van der Waals surface area contributed by atoms with Gasteiger partial charge < -0.3 is 5.11 Å². The molecule has 1 atom stereocenters. The van der Waals surface area contributed by atoms with Crippen LogP contribution in [0.25, 0.3) is 0 Å². The van der Waals surface area contributed by atoms with Crippen molar-refractivity contribution < 1.29 is 5.11 Å². The monoisotopic (exact) mass is 168 g/mol. The highest BCUT2D eigenvalue weighted by Gasteiger charge is 2.46. The number of aromatic nitrogens is 4. The lowest BCUT2D eigenvalue weighted by Crippen LogP contribution is -2.11. The van der Waals surface area contributed by atoms with Gasteiger partial charge in [-0.3, -0.25) is 0 Å². The number of aryl methyl sites for hydroxylation is 1. The van der Waals surface area contributed by atoms with Crippen molar-refractivity contribution in [3.63, 3.8) is 0 Å². The average Bonchev–Trinajstić information content (AvgIpc) is 2.62. The lowest BCUT2D eigenvalue weighted by molar-refractivity contribution is 0.0945. The Labute approximate surface area is 70.4 Å². The first-order valence-electron chi connectivity index (χ1n) is 4.04. The number of hydrogen-bond acceptors (Lipinski definition) is 4. The van der Waals surface area contributed by atoms with Crippen molar-refractivity contribution >= 4 is 0 Å². The van der Waals surface area contributed by atoms with Gasteiger partial charge >= 0.3 is 0 Å². The third-order valence-corrected chi connectivity index (χ3v) is 2.47. The van der Waals surface area contributed by atoms with E-state index in [-0.39, 0.29) is 5.41 Å². The SMILES string of the molecule is Cn1nnc(C(O)C2(C)CC2)n1. The Balaban J connectivity index is 2.19. The topological polar surface area (TPSA) is 63.8 Å². The summed E-state index contributed by atoms with van der Waals surface area (Å²) < 4.78 is 0. The molecule has 12 heavy (non-hydrogen) atoms. The van der Waals surface area contributed by atoms with Crippen LogP contribution in [0, 0.1) is 5.41 Å². The standard InChI is InChI=1S/C7H12N4O/c1-7(3-4-7)5(12)6-8-10-11(2)9-6/h5,12H,3-4H2,1-2H3. The second-order valence-electron chi connectivity index (χ2n) is 3.69. The van der Waals surface area contributed by atoms with Crippen LogP contribution in [0.3, 0.4) is 0 Å². The van der Waals surface area contributed by atoms with Gasteiger partial charge in [0.2, 0.25) is 5.82 Å². The number of nitrogens with zero attached hydrogens (tertiary/aromatic N) is 4. The molecule has 0 bridgehead atoms. The molecule has 1 heterocycles. The maximum Gasteiger partial charge on any atom is 0.203 e. The molecule has 1 aromatic heterocycles. The van der Waals surface area contributed by atoms with E-state index in [1.54, 1.807) is 7.05 Å². The Morgan fingerprint density at radius 3 is 2.67 bits per heavy atom. The van der Waals surface area contributed by atoms with Gasteiger partial charge in [0.1, 0.15) is 6.10 Å². The summed E-state index contributed by atoms with van der Waals surface area (Å²) in [6.07, 6.45) is 1.55.